The largest absolute Gasteiger partial charge is 1.00 e. The van der Waals surface area contributed by atoms with E-state index < -0.39 is 5.97 Å². The van der Waals surface area contributed by atoms with Crippen LogP contribution in [-0.4, -0.2) is 29.6 Å². The number of benzene rings is 6. The minimum absolute atomic E-state index is 0. The van der Waals surface area contributed by atoms with Gasteiger partial charge in [0, 0.05) is 46.5 Å². The molecule has 6 N–H and O–H groups in total. The Morgan fingerprint density at radius 2 is 1.02 bits per heavy atom. The molecule has 0 aliphatic heterocycles. The SMILES string of the molecule is CC1=Cc2c(cc(COc3ccccc3CC(=O)O)cc2-c2cccc(CN)c2F)C1.COC(=O)Cc1ccccc1OCc1cc2c(c(-c3cccc(CN)c3F)c1)C=C(C)C2.[Li+].[OH-]. The minimum atomic E-state index is -0.910. The first-order chi connectivity index (χ1) is 30.5. The number of hydrogen-bond donors (Lipinski definition) is 3. The number of esters is 1. The number of hydrogen-bond acceptors (Lipinski definition) is 8. The molecule has 0 atom stereocenters. The van der Waals surface area contributed by atoms with Gasteiger partial charge in [-0.2, -0.15) is 0 Å². The Labute approximate surface area is 390 Å². The molecule has 0 heterocycles. The monoisotopic (exact) mass is 872 g/mol. The molecule has 0 fully saturated rings. The summed E-state index contributed by atoms with van der Waals surface area (Å²) in [5, 5.41) is 9.13. The van der Waals surface area contributed by atoms with E-state index in [9.17, 15) is 9.59 Å². The van der Waals surface area contributed by atoms with E-state index in [4.69, 9.17) is 30.8 Å². The number of methoxy groups -OCH3 is 1. The minimum Gasteiger partial charge on any atom is -0.870 e. The number of carbonyl (C=O) groups is 2. The third-order valence-corrected chi connectivity index (χ3v) is 11.2. The number of aliphatic carboxylic acids is 1. The number of rotatable bonds is 14. The van der Waals surface area contributed by atoms with Crippen molar-refractivity contribution in [3.8, 4) is 33.8 Å². The Bertz CT molecular complexity index is 2770. The van der Waals surface area contributed by atoms with Gasteiger partial charge in [-0.15, -0.1) is 0 Å². The maximum Gasteiger partial charge on any atom is 1.00 e. The molecule has 330 valence electrons. The molecule has 12 heteroatoms. The van der Waals surface area contributed by atoms with Crippen LogP contribution in [0.5, 0.6) is 11.5 Å². The maximum absolute atomic E-state index is 15.1. The fraction of sp³-hybridized carbons (Fsp3) is 0.208. The predicted molar refractivity (Wildman–Crippen MR) is 245 cm³/mol. The van der Waals surface area contributed by atoms with Crippen LogP contribution in [0, 0.1) is 11.6 Å². The molecule has 6 aromatic carbocycles. The normalized spacial score (nSPS) is 12.0. The second kappa shape index (κ2) is 22.5. The Morgan fingerprint density at radius 3 is 1.43 bits per heavy atom. The second-order valence-electron chi connectivity index (χ2n) is 15.8. The number of carboxylic acid groups (broad SMARTS) is 1. The summed E-state index contributed by atoms with van der Waals surface area (Å²) in [5.74, 6) is -0.639. The van der Waals surface area contributed by atoms with Gasteiger partial charge >= 0.3 is 30.8 Å². The van der Waals surface area contributed by atoms with Crippen molar-refractivity contribution < 1.29 is 62.0 Å². The van der Waals surface area contributed by atoms with Gasteiger partial charge in [-0.1, -0.05) is 108 Å². The fourth-order valence-electron chi connectivity index (χ4n) is 8.19. The van der Waals surface area contributed by atoms with Gasteiger partial charge in [0.15, 0.2) is 0 Å². The number of allylic oxidation sites excluding steroid dienone is 2. The van der Waals surface area contributed by atoms with E-state index >= 15 is 8.78 Å². The van der Waals surface area contributed by atoms with Crippen LogP contribution >= 0.6 is 0 Å². The number of carbonyl (C=O) groups excluding carboxylic acids is 1. The first-order valence-electron chi connectivity index (χ1n) is 20.8. The number of halogens is 2. The molecule has 0 amide bonds. The molecule has 0 saturated heterocycles. The Morgan fingerprint density at radius 1 is 0.600 bits per heavy atom. The van der Waals surface area contributed by atoms with Gasteiger partial charge in [0.05, 0.1) is 20.0 Å². The quantitative estimate of drug-likeness (QED) is 0.0762. The van der Waals surface area contributed by atoms with Gasteiger partial charge in [-0.25, -0.2) is 8.78 Å². The Kier molecular flexibility index (Phi) is 17.2. The smallest absolute Gasteiger partial charge is 0.870 e. The summed E-state index contributed by atoms with van der Waals surface area (Å²) in [6.45, 7) is 4.99. The van der Waals surface area contributed by atoms with E-state index in [2.05, 4.69) is 38.1 Å². The van der Waals surface area contributed by atoms with Gasteiger partial charge in [0.2, 0.25) is 0 Å². The summed E-state index contributed by atoms with van der Waals surface area (Å²) < 4.78 is 47.1. The van der Waals surface area contributed by atoms with Crippen molar-refractivity contribution in [1.29, 1.82) is 0 Å². The molecule has 65 heavy (non-hydrogen) atoms. The predicted octanol–water partition coefficient (Wildman–Crippen LogP) is 7.15. The van der Waals surface area contributed by atoms with Crippen molar-refractivity contribution in [1.82, 2.24) is 0 Å². The molecule has 0 unspecified atom stereocenters. The van der Waals surface area contributed by atoms with Crippen LogP contribution in [0.1, 0.15) is 69.5 Å². The van der Waals surface area contributed by atoms with Crippen molar-refractivity contribution in [2.45, 2.75) is 65.8 Å². The van der Waals surface area contributed by atoms with Crippen LogP contribution < -0.4 is 39.8 Å². The van der Waals surface area contributed by atoms with Gasteiger partial charge < -0.3 is 36.3 Å². The molecule has 2 aliphatic rings. The summed E-state index contributed by atoms with van der Waals surface area (Å²) in [6.07, 6.45) is 5.90. The zero-order valence-corrected chi connectivity index (χ0v) is 37.1. The van der Waals surface area contributed by atoms with Crippen LogP contribution in [0.4, 0.5) is 8.78 Å². The summed E-state index contributed by atoms with van der Waals surface area (Å²) in [5.41, 5.74) is 25.2. The number of fused-ring (bicyclic) bond motifs is 2. The van der Waals surface area contributed by atoms with Crippen molar-refractivity contribution in [2.24, 2.45) is 11.5 Å². The van der Waals surface area contributed by atoms with Crippen LogP contribution in [0.2, 0.25) is 0 Å². The van der Waals surface area contributed by atoms with Gasteiger partial charge in [0.1, 0.15) is 36.3 Å². The average Bonchev–Trinajstić information content (AvgIpc) is 3.86. The number of nitrogens with two attached hydrogens (primary N) is 2. The van der Waals surface area contributed by atoms with Crippen LogP contribution in [0.15, 0.2) is 120 Å². The summed E-state index contributed by atoms with van der Waals surface area (Å²) in [6, 6.07) is 33.3. The van der Waals surface area contributed by atoms with Gasteiger partial charge in [-0.05, 0) is 95.5 Å². The Balaban J connectivity index is 0.000000237. The van der Waals surface area contributed by atoms with E-state index in [1.54, 1.807) is 42.5 Å². The van der Waals surface area contributed by atoms with E-state index in [0.29, 0.717) is 45.9 Å². The number of para-hydroxylation sites is 2. The molecule has 6 aromatic rings. The first kappa shape index (κ1) is 49.7. The van der Waals surface area contributed by atoms with Crippen molar-refractivity contribution in [3.63, 3.8) is 0 Å². The van der Waals surface area contributed by atoms with E-state index in [1.807, 2.05) is 54.6 Å². The van der Waals surface area contributed by atoms with Crippen LogP contribution in [-0.2, 0) is 66.3 Å². The molecule has 2 aliphatic carbocycles. The molecule has 0 aromatic heterocycles. The molecule has 9 nitrogen and oxygen atoms in total. The number of ether oxygens (including phenoxy) is 3. The van der Waals surface area contributed by atoms with Crippen molar-refractivity contribution in [2.75, 3.05) is 7.11 Å². The third kappa shape index (κ3) is 11.7. The van der Waals surface area contributed by atoms with Crippen molar-refractivity contribution >= 4 is 24.1 Å². The van der Waals surface area contributed by atoms with E-state index in [0.717, 1.165) is 62.9 Å². The summed E-state index contributed by atoms with van der Waals surface area (Å²) in [4.78, 5) is 22.9. The van der Waals surface area contributed by atoms with E-state index in [-0.39, 0.29) is 74.5 Å². The molecule has 0 radical (unpaired) electrons. The van der Waals surface area contributed by atoms with Crippen LogP contribution in [0.3, 0.4) is 0 Å². The van der Waals surface area contributed by atoms with Gasteiger partial charge in [-0.3, -0.25) is 9.59 Å². The van der Waals surface area contributed by atoms with Crippen molar-refractivity contribution in [3.05, 3.63) is 188 Å². The number of carboxylic acids is 1. The van der Waals surface area contributed by atoms with Crippen LogP contribution in [0.25, 0.3) is 34.4 Å². The van der Waals surface area contributed by atoms with Gasteiger partial charge in [0.25, 0.3) is 0 Å². The standard InChI is InChI=1S/C27H26FNO3.C26H24FNO3.Li.H2O/c1-17-10-21-12-18(16-32-25-9-4-3-6-19(25)14-26(30)31-2)13-24(23(21)11-17)22-8-5-7-20(15-29)27(22)28;1-16-9-20-11-17(15-31-24-8-3-2-5-18(24)13-25(29)30)12-23(22(20)10-16)21-7-4-6-19(14-28)26(21)27;;/h3-9,11-13H,10,14-16,29H2,1-2H3;2-8,10-12H,9,13-15,28H2,1H3,(H,29,30);;1H2/q;;+1;/p-1. The zero-order valence-electron chi connectivity index (χ0n) is 37.1. The fourth-order valence-corrected chi connectivity index (χ4v) is 8.19. The molecule has 0 spiro atoms. The maximum atomic E-state index is 15.1. The molecule has 0 saturated carbocycles. The Hall–Kier alpha value is -6.32. The second-order valence-corrected chi connectivity index (χ2v) is 15.8. The third-order valence-electron chi connectivity index (χ3n) is 11.2. The topological polar surface area (TPSA) is 164 Å². The summed E-state index contributed by atoms with van der Waals surface area (Å²) >= 11 is 0. The first-order valence-corrected chi connectivity index (χ1v) is 20.8. The summed E-state index contributed by atoms with van der Waals surface area (Å²) in [7, 11) is 1.37. The average molecular weight is 873 g/mol. The molecular formula is C53H51F2LiN2O7. The van der Waals surface area contributed by atoms with E-state index in [1.165, 1.54) is 18.3 Å². The molecule has 8 rings (SSSR count). The molecular weight excluding hydrogens is 822 g/mol. The molecule has 0 bridgehead atoms. The zero-order chi connectivity index (χ0) is 44.6.